The van der Waals surface area contributed by atoms with Gasteiger partial charge in [-0.05, 0) is 68.0 Å². The number of carbonyl (C=O) groups excluding carboxylic acids is 1. The van der Waals surface area contributed by atoms with Crippen LogP contribution in [0, 0.1) is 29.4 Å². The predicted molar refractivity (Wildman–Crippen MR) is 180 cm³/mol. The summed E-state index contributed by atoms with van der Waals surface area (Å²) in [6.07, 6.45) is -3.46. The van der Waals surface area contributed by atoms with Crippen LogP contribution in [0.25, 0.3) is 22.0 Å². The number of hydrogen-bond donors (Lipinski definition) is 3. The topological polar surface area (TPSA) is 118 Å². The molecule has 52 heavy (non-hydrogen) atoms. The molecule has 0 saturated carbocycles. The van der Waals surface area contributed by atoms with Crippen molar-refractivity contribution in [1.82, 2.24) is 29.9 Å². The summed E-state index contributed by atoms with van der Waals surface area (Å²) in [5.41, 5.74) is -2.08. The number of aryl methyl sites for hydroxylation is 1. The molecule has 2 aromatic carbocycles. The van der Waals surface area contributed by atoms with Gasteiger partial charge in [0.2, 0.25) is 5.91 Å². The van der Waals surface area contributed by atoms with Crippen LogP contribution < -0.4 is 10.9 Å². The number of aliphatic hydroxyl groups is 1. The van der Waals surface area contributed by atoms with Crippen molar-refractivity contribution in [2.75, 3.05) is 0 Å². The van der Waals surface area contributed by atoms with Crippen molar-refractivity contribution in [3.63, 3.8) is 0 Å². The number of nitrogens with zero attached hydrogens (tertiary/aromatic N) is 4. The lowest BCUT2D eigenvalue weighted by molar-refractivity contribution is -0.123. The van der Waals surface area contributed by atoms with Crippen LogP contribution in [-0.2, 0) is 30.7 Å². The Bertz CT molecular complexity index is 2310. The van der Waals surface area contributed by atoms with E-state index in [9.17, 15) is 32.3 Å². The molecule has 15 heteroatoms. The first-order chi connectivity index (χ1) is 24.4. The second kappa shape index (κ2) is 13.3. The van der Waals surface area contributed by atoms with Gasteiger partial charge in [-0.2, -0.15) is 13.9 Å². The summed E-state index contributed by atoms with van der Waals surface area (Å²) >= 11 is 0. The summed E-state index contributed by atoms with van der Waals surface area (Å²) in [4.78, 5) is 31.2. The average molecular weight is 725 g/mol. The van der Waals surface area contributed by atoms with Gasteiger partial charge in [-0.15, -0.1) is 0 Å². The Morgan fingerprint density at radius 2 is 1.77 bits per heavy atom. The summed E-state index contributed by atoms with van der Waals surface area (Å²) in [6, 6.07) is 9.63. The van der Waals surface area contributed by atoms with Gasteiger partial charge in [0.15, 0.2) is 0 Å². The highest BCUT2D eigenvalue weighted by molar-refractivity contribution is 5.94. The Hall–Kier alpha value is -5.36. The number of amides is 1. The Labute approximate surface area is 293 Å². The number of para-hydroxylation sites is 1. The van der Waals surface area contributed by atoms with Crippen molar-refractivity contribution in [1.29, 1.82) is 0 Å². The summed E-state index contributed by atoms with van der Waals surface area (Å²) in [5.74, 6) is -3.19. The smallest absolute Gasteiger partial charge is 0.292 e. The number of fused-ring (bicyclic) bond motifs is 2. The molecule has 272 valence electrons. The molecule has 1 amide bonds. The van der Waals surface area contributed by atoms with Gasteiger partial charge in [0.1, 0.15) is 40.9 Å². The van der Waals surface area contributed by atoms with Crippen molar-refractivity contribution in [3.8, 4) is 23.0 Å². The number of benzene rings is 2. The monoisotopic (exact) mass is 724 g/mol. The van der Waals surface area contributed by atoms with Gasteiger partial charge in [0.05, 0.1) is 22.6 Å². The number of hydrogen-bond acceptors (Lipinski definition) is 5. The first kappa shape index (κ1) is 36.4. The van der Waals surface area contributed by atoms with Crippen LogP contribution >= 0.6 is 0 Å². The Balaban J connectivity index is 1.51. The number of aromatic amines is 1. The van der Waals surface area contributed by atoms with Gasteiger partial charge >= 0.3 is 0 Å². The van der Waals surface area contributed by atoms with E-state index in [-0.39, 0.29) is 34.5 Å². The van der Waals surface area contributed by atoms with E-state index in [4.69, 9.17) is 4.98 Å². The zero-order chi connectivity index (χ0) is 37.9. The average Bonchev–Trinajstić information content (AvgIpc) is 3.64. The standard InChI is InChI=1S/C37H34F6N6O3/c1-18-19(2)37(42,43)33-29(18)31(34(40)41)46-49(33)17-28(50)45-27(15-20-13-21(38)16-22(39)14-20)30-24(10-9-23(44-30)11-12-36(3,4)52)25-7-6-8-26-32(25)48(5)47-35(26)51/h6-10,13-14,16,18-19,27,34,52H,15,17H2,1-5H3,(H,45,50)(H,47,51)/t18-,19+,27-/m0/s1. The molecule has 1 aliphatic rings. The normalized spacial score (nSPS) is 17.2. The van der Waals surface area contributed by atoms with Crippen LogP contribution in [0.3, 0.4) is 0 Å². The molecular formula is C37H34F6N6O3. The zero-order valence-electron chi connectivity index (χ0n) is 28.7. The van der Waals surface area contributed by atoms with E-state index in [2.05, 4.69) is 27.4 Å². The second-order valence-corrected chi connectivity index (χ2v) is 13.5. The van der Waals surface area contributed by atoms with E-state index < -0.39 is 71.3 Å². The summed E-state index contributed by atoms with van der Waals surface area (Å²) in [7, 11) is 1.62. The molecule has 0 fully saturated rings. The third kappa shape index (κ3) is 6.82. The minimum atomic E-state index is -3.57. The van der Waals surface area contributed by atoms with Crippen LogP contribution in [0.4, 0.5) is 26.3 Å². The van der Waals surface area contributed by atoms with Crippen LogP contribution in [0.15, 0.2) is 53.3 Å². The van der Waals surface area contributed by atoms with E-state index in [1.807, 2.05) is 0 Å². The largest absolute Gasteiger partial charge is 0.378 e. The number of alkyl halides is 4. The Morgan fingerprint density at radius 3 is 2.42 bits per heavy atom. The molecule has 3 N–H and O–H groups in total. The lowest BCUT2D eigenvalue weighted by Crippen LogP contribution is -2.35. The molecule has 5 aromatic rings. The predicted octanol–water partition coefficient (Wildman–Crippen LogP) is 6.41. The maximum atomic E-state index is 15.5. The van der Waals surface area contributed by atoms with E-state index in [1.54, 1.807) is 37.4 Å². The highest BCUT2D eigenvalue weighted by Crippen LogP contribution is 2.54. The molecule has 0 spiro atoms. The summed E-state index contributed by atoms with van der Waals surface area (Å²) in [6.45, 7) is 4.66. The maximum Gasteiger partial charge on any atom is 0.292 e. The SMILES string of the molecule is C[C@@H]1c2c(C(F)F)nn(CC(=O)N[C@@H](Cc3cc(F)cc(F)c3)c3nc(C#CC(C)(C)O)ccc3-c3cccc4c(=O)[nH]n(C)c34)c2C(F)(F)[C@@H]1C. The molecule has 0 radical (unpaired) electrons. The zero-order valence-corrected chi connectivity index (χ0v) is 28.7. The second-order valence-electron chi connectivity index (χ2n) is 13.5. The molecule has 0 bridgehead atoms. The van der Waals surface area contributed by atoms with E-state index >= 15 is 8.78 Å². The number of aromatic nitrogens is 5. The van der Waals surface area contributed by atoms with Gasteiger partial charge in [0.25, 0.3) is 17.9 Å². The molecule has 9 nitrogen and oxygen atoms in total. The maximum absolute atomic E-state index is 15.5. The number of halogens is 6. The minimum absolute atomic E-state index is 0.0879. The van der Waals surface area contributed by atoms with Crippen LogP contribution in [0.5, 0.6) is 0 Å². The third-order valence-electron chi connectivity index (χ3n) is 9.23. The molecule has 1 aliphatic carbocycles. The fourth-order valence-corrected chi connectivity index (χ4v) is 6.74. The van der Waals surface area contributed by atoms with Crippen LogP contribution in [-0.4, -0.2) is 41.2 Å². The molecule has 0 saturated heterocycles. The van der Waals surface area contributed by atoms with E-state index in [1.165, 1.54) is 32.4 Å². The molecular weight excluding hydrogens is 690 g/mol. The van der Waals surface area contributed by atoms with Gasteiger partial charge in [-0.1, -0.05) is 31.9 Å². The van der Waals surface area contributed by atoms with Gasteiger partial charge in [0, 0.05) is 35.7 Å². The van der Waals surface area contributed by atoms with E-state index in [0.29, 0.717) is 32.8 Å². The quantitative estimate of drug-likeness (QED) is 0.126. The fourth-order valence-electron chi connectivity index (χ4n) is 6.74. The molecule has 3 atom stereocenters. The number of nitrogens with one attached hydrogen (secondary N) is 2. The first-order valence-corrected chi connectivity index (χ1v) is 16.3. The molecule has 0 unspecified atom stereocenters. The highest BCUT2D eigenvalue weighted by atomic mass is 19.3. The van der Waals surface area contributed by atoms with Gasteiger partial charge in [-0.3, -0.25) is 24.1 Å². The van der Waals surface area contributed by atoms with Crippen LogP contribution in [0.2, 0.25) is 0 Å². The molecule has 3 heterocycles. The third-order valence-corrected chi connectivity index (χ3v) is 9.23. The van der Waals surface area contributed by atoms with Crippen molar-refractivity contribution in [2.45, 2.75) is 70.6 Å². The summed E-state index contributed by atoms with van der Waals surface area (Å²) < 4.78 is 90.0. The van der Waals surface area contributed by atoms with E-state index in [0.717, 1.165) is 12.1 Å². The van der Waals surface area contributed by atoms with Crippen molar-refractivity contribution in [2.24, 2.45) is 13.0 Å². The number of carbonyl (C=O) groups is 1. The lowest BCUT2D eigenvalue weighted by atomic mass is 9.93. The van der Waals surface area contributed by atoms with Crippen molar-refractivity contribution >= 4 is 16.8 Å². The van der Waals surface area contributed by atoms with Gasteiger partial charge in [-0.25, -0.2) is 22.5 Å². The Kier molecular flexibility index (Phi) is 9.33. The highest BCUT2D eigenvalue weighted by Gasteiger charge is 2.55. The Morgan fingerprint density at radius 1 is 1.08 bits per heavy atom. The number of rotatable bonds is 8. The van der Waals surface area contributed by atoms with Gasteiger partial charge < -0.3 is 10.4 Å². The number of H-pyrrole nitrogens is 1. The molecule has 3 aromatic heterocycles. The van der Waals surface area contributed by atoms with Crippen LogP contribution in [0.1, 0.15) is 80.0 Å². The summed E-state index contributed by atoms with van der Waals surface area (Å²) in [5, 5.41) is 19.7. The van der Waals surface area contributed by atoms with Crippen molar-refractivity contribution < 1.29 is 36.2 Å². The molecule has 0 aliphatic heterocycles. The van der Waals surface area contributed by atoms with Crippen molar-refractivity contribution in [3.05, 3.63) is 104 Å². The first-order valence-electron chi connectivity index (χ1n) is 16.3. The lowest BCUT2D eigenvalue weighted by Gasteiger charge is -2.23. The minimum Gasteiger partial charge on any atom is -0.378 e. The molecule has 6 rings (SSSR count). The fraction of sp³-hybridized carbons (Fsp3) is 0.351. The number of pyridine rings is 1.